The van der Waals surface area contributed by atoms with Gasteiger partial charge in [0, 0.05) is 13.1 Å². The Kier molecular flexibility index (Phi) is 5.01. The topological polar surface area (TPSA) is 58.6 Å². The van der Waals surface area contributed by atoms with E-state index in [1.165, 1.54) is 18.6 Å². The van der Waals surface area contributed by atoms with Crippen LogP contribution in [0.1, 0.15) is 43.7 Å². The fraction of sp³-hybridized carbons (Fsp3) is 0.625. The molecule has 1 saturated carbocycles. The van der Waals surface area contributed by atoms with Gasteiger partial charge < -0.3 is 0 Å². The van der Waals surface area contributed by atoms with E-state index < -0.39 is 21.3 Å². The maximum Gasteiger partial charge on any atom is 0.219 e. The van der Waals surface area contributed by atoms with Gasteiger partial charge in [-0.15, -0.1) is 0 Å². The lowest BCUT2D eigenvalue weighted by Crippen LogP contribution is -2.44. The molecule has 2 atom stereocenters. The smallest absolute Gasteiger partial charge is 0.219 e. The number of nitrogens with zero attached hydrogens (tertiary/aromatic N) is 1. The fourth-order valence-electron chi connectivity index (χ4n) is 3.48. The summed E-state index contributed by atoms with van der Waals surface area (Å²) in [5.74, 6) is -0.338. The molecule has 1 saturated heterocycles. The number of hydrogen-bond acceptors (Lipinski definition) is 4. The van der Waals surface area contributed by atoms with E-state index in [0.29, 0.717) is 0 Å². The molecule has 0 spiro atoms. The van der Waals surface area contributed by atoms with Crippen LogP contribution in [0.3, 0.4) is 0 Å². The maximum absolute atomic E-state index is 13.1. The second-order valence-corrected chi connectivity index (χ2v) is 8.31. The van der Waals surface area contributed by atoms with E-state index in [1.54, 1.807) is 24.2 Å². The molecule has 0 unspecified atom stereocenters. The van der Waals surface area contributed by atoms with Gasteiger partial charge in [-0.05, 0) is 30.5 Å². The Balaban J connectivity index is 1.80. The van der Waals surface area contributed by atoms with Crippen LogP contribution in [0.4, 0.5) is 4.39 Å². The first-order valence-corrected chi connectivity index (χ1v) is 9.64. The number of hydrogen-bond donors (Lipinski definition) is 1. The molecule has 128 valence electrons. The highest BCUT2D eigenvalue weighted by Crippen LogP contribution is 2.33. The Morgan fingerprint density at radius 2 is 1.83 bits per heavy atom. The van der Waals surface area contributed by atoms with E-state index in [1.807, 2.05) is 0 Å². The van der Waals surface area contributed by atoms with Gasteiger partial charge in [0.2, 0.25) is 10.0 Å². The molecule has 2 fully saturated rings. The van der Waals surface area contributed by atoms with Gasteiger partial charge in [0.25, 0.3) is 0 Å². The van der Waals surface area contributed by atoms with Crippen molar-refractivity contribution in [2.75, 3.05) is 13.7 Å². The molecule has 0 bridgehead atoms. The van der Waals surface area contributed by atoms with Crippen LogP contribution in [0.5, 0.6) is 0 Å². The van der Waals surface area contributed by atoms with E-state index in [4.69, 9.17) is 4.84 Å². The average Bonchev–Trinajstić information content (AvgIpc) is 2.91. The summed E-state index contributed by atoms with van der Waals surface area (Å²) < 4.78 is 41.6. The summed E-state index contributed by atoms with van der Waals surface area (Å²) in [7, 11) is -1.80. The van der Waals surface area contributed by atoms with Crippen molar-refractivity contribution in [3.05, 3.63) is 35.6 Å². The Hall–Kier alpha value is -1.02. The van der Waals surface area contributed by atoms with Crippen LogP contribution < -0.4 is 4.72 Å². The van der Waals surface area contributed by atoms with Crippen molar-refractivity contribution < 1.29 is 17.6 Å². The molecule has 23 heavy (non-hydrogen) atoms. The molecule has 1 heterocycles. The minimum Gasteiger partial charge on any atom is -0.297 e. The van der Waals surface area contributed by atoms with Crippen molar-refractivity contribution in [1.82, 2.24) is 9.79 Å². The van der Waals surface area contributed by atoms with Crippen LogP contribution in [-0.4, -0.2) is 38.4 Å². The van der Waals surface area contributed by atoms with Gasteiger partial charge in [-0.3, -0.25) is 4.84 Å². The largest absolute Gasteiger partial charge is 0.297 e. The van der Waals surface area contributed by atoms with Crippen molar-refractivity contribution in [2.45, 2.75) is 49.4 Å². The third-order valence-electron chi connectivity index (χ3n) is 4.73. The highest BCUT2D eigenvalue weighted by Gasteiger charge is 2.43. The Morgan fingerprint density at radius 1 is 1.17 bits per heavy atom. The average molecular weight is 342 g/mol. The lowest BCUT2D eigenvalue weighted by atomic mass is 9.96. The predicted molar refractivity (Wildman–Crippen MR) is 85.6 cm³/mol. The molecule has 1 aliphatic heterocycles. The molecule has 0 radical (unpaired) electrons. The van der Waals surface area contributed by atoms with E-state index in [9.17, 15) is 12.8 Å². The number of nitrogens with one attached hydrogen (secondary N) is 1. The third kappa shape index (κ3) is 3.74. The molecule has 3 rings (SSSR count). The minimum atomic E-state index is -3.51. The first-order valence-electron chi connectivity index (χ1n) is 8.10. The number of sulfonamides is 1. The van der Waals surface area contributed by atoms with Crippen molar-refractivity contribution >= 4 is 10.0 Å². The molecular weight excluding hydrogens is 319 g/mol. The van der Waals surface area contributed by atoms with Crippen molar-refractivity contribution in [2.24, 2.45) is 0 Å². The SMILES string of the molecule is CN1OC[C@@H](S(=O)(=O)NC2CCCCC2)[C@H]1c1ccc(F)cc1. The summed E-state index contributed by atoms with van der Waals surface area (Å²) in [6.45, 7) is 0.112. The highest BCUT2D eigenvalue weighted by molar-refractivity contribution is 7.90. The molecule has 2 aliphatic rings. The summed E-state index contributed by atoms with van der Waals surface area (Å²) in [6.07, 6.45) is 5.09. The van der Waals surface area contributed by atoms with E-state index in [2.05, 4.69) is 4.72 Å². The molecule has 1 aromatic rings. The minimum absolute atomic E-state index is 0.0218. The Morgan fingerprint density at radius 3 is 2.48 bits per heavy atom. The molecule has 0 amide bonds. The molecule has 1 aliphatic carbocycles. The number of benzene rings is 1. The second kappa shape index (κ2) is 6.84. The van der Waals surface area contributed by atoms with E-state index in [0.717, 1.165) is 31.2 Å². The zero-order valence-electron chi connectivity index (χ0n) is 13.2. The van der Waals surface area contributed by atoms with E-state index >= 15 is 0 Å². The first kappa shape index (κ1) is 16.8. The summed E-state index contributed by atoms with van der Waals surface area (Å²) in [5, 5.41) is 0.859. The second-order valence-electron chi connectivity index (χ2n) is 6.37. The maximum atomic E-state index is 13.1. The molecule has 7 heteroatoms. The summed E-state index contributed by atoms with van der Waals surface area (Å²) >= 11 is 0. The zero-order valence-corrected chi connectivity index (χ0v) is 14.1. The van der Waals surface area contributed by atoms with Gasteiger partial charge in [-0.25, -0.2) is 17.5 Å². The summed E-state index contributed by atoms with van der Waals surface area (Å²) in [5.41, 5.74) is 0.741. The van der Waals surface area contributed by atoms with Gasteiger partial charge in [-0.1, -0.05) is 31.4 Å². The molecule has 1 aromatic carbocycles. The monoisotopic (exact) mass is 342 g/mol. The van der Waals surface area contributed by atoms with Crippen LogP contribution >= 0.6 is 0 Å². The molecule has 5 nitrogen and oxygen atoms in total. The van der Waals surface area contributed by atoms with Crippen LogP contribution in [0, 0.1) is 5.82 Å². The highest BCUT2D eigenvalue weighted by atomic mass is 32.2. The lowest BCUT2D eigenvalue weighted by Gasteiger charge is -2.27. The Labute approximate surface area is 136 Å². The molecule has 1 N–H and O–H groups in total. The van der Waals surface area contributed by atoms with E-state index in [-0.39, 0.29) is 18.5 Å². The van der Waals surface area contributed by atoms with Gasteiger partial charge in [0.15, 0.2) is 0 Å². The van der Waals surface area contributed by atoms with Crippen LogP contribution in [0.15, 0.2) is 24.3 Å². The predicted octanol–water partition coefficient (Wildman–Crippen LogP) is 2.36. The first-order chi connectivity index (χ1) is 11.0. The Bertz CT molecular complexity index is 629. The van der Waals surface area contributed by atoms with Crippen molar-refractivity contribution in [3.63, 3.8) is 0 Å². The zero-order chi connectivity index (χ0) is 16.4. The molecule has 0 aromatic heterocycles. The fourth-order valence-corrected chi connectivity index (χ4v) is 5.26. The lowest BCUT2D eigenvalue weighted by molar-refractivity contribution is -0.110. The van der Waals surface area contributed by atoms with Crippen molar-refractivity contribution in [1.29, 1.82) is 0 Å². The molecular formula is C16H23FN2O3S. The summed E-state index contributed by atoms with van der Waals surface area (Å²) in [6, 6.07) is 5.52. The third-order valence-corrected chi connectivity index (χ3v) is 6.59. The number of rotatable bonds is 4. The van der Waals surface area contributed by atoms with Gasteiger partial charge in [-0.2, -0.15) is 5.06 Å². The number of halogens is 1. The number of hydroxylamine groups is 2. The van der Waals surface area contributed by atoms with Gasteiger partial charge in [0.05, 0.1) is 12.6 Å². The van der Waals surface area contributed by atoms with Crippen LogP contribution in [0.2, 0.25) is 0 Å². The quantitative estimate of drug-likeness (QED) is 0.913. The van der Waals surface area contributed by atoms with Crippen molar-refractivity contribution in [3.8, 4) is 0 Å². The standard InChI is InChI=1S/C16H23FN2O3S/c1-19-16(12-7-9-13(17)10-8-12)15(11-22-19)23(20,21)18-14-5-3-2-4-6-14/h7-10,14-16,18H,2-6,11H2,1H3/t15-,16-/m1/s1. The van der Waals surface area contributed by atoms with Gasteiger partial charge in [0.1, 0.15) is 11.1 Å². The van der Waals surface area contributed by atoms with Crippen LogP contribution in [-0.2, 0) is 14.9 Å². The normalized spacial score (nSPS) is 27.4. The van der Waals surface area contributed by atoms with Gasteiger partial charge >= 0.3 is 0 Å². The van der Waals surface area contributed by atoms with Crippen LogP contribution in [0.25, 0.3) is 0 Å². The summed E-state index contributed by atoms with van der Waals surface area (Å²) in [4.78, 5) is 5.46.